The number of rotatable bonds is 31. The van der Waals surface area contributed by atoms with Crippen molar-refractivity contribution in [2.45, 2.75) is 180 Å². The maximum Gasteiger partial charge on any atom is 0.234 e. The van der Waals surface area contributed by atoms with Crippen LogP contribution in [-0.4, -0.2) is 25.8 Å². The standard InChI is InChI=1S/C32H63NO2/c1-2-3-4-5-6-7-8-9-10-11-12-13-14-15-16-17-18-21-24-27-30-35-31-28-25-22-19-20-23-26-29-33-32-34/h2-31H2,1H3. The first kappa shape index (κ1) is 34.3. The molecule has 0 saturated carbocycles. The minimum absolute atomic E-state index is 0.650. The van der Waals surface area contributed by atoms with Gasteiger partial charge in [-0.15, -0.1) is 0 Å². The predicted octanol–water partition coefficient (Wildman–Crippen LogP) is 10.9. The van der Waals surface area contributed by atoms with E-state index in [-0.39, 0.29) is 0 Å². The number of hydrogen-bond acceptors (Lipinski definition) is 3. The molecule has 0 aromatic carbocycles. The lowest BCUT2D eigenvalue weighted by atomic mass is 10.0. The molecule has 0 atom stereocenters. The molecule has 0 bridgehead atoms. The monoisotopic (exact) mass is 493 g/mol. The summed E-state index contributed by atoms with van der Waals surface area (Å²) in [5.41, 5.74) is 0. The summed E-state index contributed by atoms with van der Waals surface area (Å²) >= 11 is 0. The van der Waals surface area contributed by atoms with Gasteiger partial charge in [-0.05, 0) is 19.3 Å². The summed E-state index contributed by atoms with van der Waals surface area (Å²) in [5, 5.41) is 0. The first-order chi connectivity index (χ1) is 17.4. The Hall–Kier alpha value is -0.660. The third-order valence-corrected chi connectivity index (χ3v) is 7.27. The van der Waals surface area contributed by atoms with Crippen LogP contribution in [0.1, 0.15) is 180 Å². The maximum absolute atomic E-state index is 9.96. The SMILES string of the molecule is CCCCCCCCCCCCCCCCCCCCCCOCCCCCCCCCN=C=O. The number of aliphatic imine (C=N–C) groups is 1. The van der Waals surface area contributed by atoms with E-state index < -0.39 is 0 Å². The van der Waals surface area contributed by atoms with Crippen molar-refractivity contribution in [1.82, 2.24) is 0 Å². The van der Waals surface area contributed by atoms with Crippen LogP contribution in [-0.2, 0) is 9.53 Å². The molecule has 3 nitrogen and oxygen atoms in total. The van der Waals surface area contributed by atoms with E-state index in [2.05, 4.69) is 11.9 Å². The van der Waals surface area contributed by atoms with Crippen LogP contribution in [0.5, 0.6) is 0 Å². The van der Waals surface area contributed by atoms with Crippen LogP contribution >= 0.6 is 0 Å². The van der Waals surface area contributed by atoms with Gasteiger partial charge < -0.3 is 4.74 Å². The Labute approximate surface area is 220 Å². The van der Waals surface area contributed by atoms with E-state index >= 15 is 0 Å². The van der Waals surface area contributed by atoms with Gasteiger partial charge in [0.15, 0.2) is 0 Å². The second-order valence-electron chi connectivity index (χ2n) is 10.8. The smallest absolute Gasteiger partial charge is 0.234 e. The van der Waals surface area contributed by atoms with Gasteiger partial charge in [-0.3, -0.25) is 0 Å². The van der Waals surface area contributed by atoms with E-state index in [1.165, 1.54) is 167 Å². The van der Waals surface area contributed by atoms with Crippen molar-refractivity contribution < 1.29 is 9.53 Å². The molecule has 0 N–H and O–H groups in total. The van der Waals surface area contributed by atoms with Gasteiger partial charge in [-0.2, -0.15) is 0 Å². The number of hydrogen-bond donors (Lipinski definition) is 0. The second-order valence-corrected chi connectivity index (χ2v) is 10.8. The summed E-state index contributed by atoms with van der Waals surface area (Å²) in [7, 11) is 0. The van der Waals surface area contributed by atoms with Crippen LogP contribution in [0.4, 0.5) is 0 Å². The molecule has 0 rings (SSSR count). The van der Waals surface area contributed by atoms with E-state index in [4.69, 9.17) is 4.74 Å². The Morgan fingerprint density at radius 2 is 0.714 bits per heavy atom. The number of unbranched alkanes of at least 4 members (excludes halogenated alkanes) is 25. The lowest BCUT2D eigenvalue weighted by molar-refractivity contribution is 0.125. The highest BCUT2D eigenvalue weighted by Gasteiger charge is 1.96. The third-order valence-electron chi connectivity index (χ3n) is 7.27. The lowest BCUT2D eigenvalue weighted by Gasteiger charge is -2.05. The molecule has 0 saturated heterocycles. The zero-order valence-electron chi connectivity index (χ0n) is 24.0. The molecule has 0 amide bonds. The number of carbonyl (C=O) groups excluding carboxylic acids is 1. The minimum Gasteiger partial charge on any atom is -0.381 e. The van der Waals surface area contributed by atoms with Crippen molar-refractivity contribution in [2.24, 2.45) is 4.99 Å². The fourth-order valence-electron chi connectivity index (χ4n) is 4.89. The molecular weight excluding hydrogens is 430 g/mol. The Morgan fingerprint density at radius 3 is 1.03 bits per heavy atom. The molecule has 0 spiro atoms. The van der Waals surface area contributed by atoms with Crippen molar-refractivity contribution in [3.63, 3.8) is 0 Å². The molecule has 0 aliphatic rings. The summed E-state index contributed by atoms with van der Waals surface area (Å²) in [5.74, 6) is 0. The minimum atomic E-state index is 0.650. The highest BCUT2D eigenvalue weighted by Crippen LogP contribution is 2.15. The summed E-state index contributed by atoms with van der Waals surface area (Å²) in [6, 6.07) is 0. The molecule has 0 unspecified atom stereocenters. The van der Waals surface area contributed by atoms with Gasteiger partial charge >= 0.3 is 0 Å². The van der Waals surface area contributed by atoms with E-state index in [0.29, 0.717) is 6.54 Å². The molecule has 208 valence electrons. The number of isocyanates is 1. The largest absolute Gasteiger partial charge is 0.381 e. The summed E-state index contributed by atoms with van der Waals surface area (Å²) in [6.07, 6.45) is 38.8. The van der Waals surface area contributed by atoms with E-state index in [1.54, 1.807) is 6.08 Å². The molecule has 0 fully saturated rings. The molecule has 35 heavy (non-hydrogen) atoms. The lowest BCUT2D eigenvalue weighted by Crippen LogP contribution is -1.97. The van der Waals surface area contributed by atoms with Crippen molar-refractivity contribution >= 4 is 6.08 Å². The molecule has 0 heterocycles. The average molecular weight is 494 g/mol. The molecule has 0 aliphatic carbocycles. The molecule has 0 aliphatic heterocycles. The Morgan fingerprint density at radius 1 is 0.429 bits per heavy atom. The zero-order valence-corrected chi connectivity index (χ0v) is 24.0. The van der Waals surface area contributed by atoms with Crippen molar-refractivity contribution in [3.8, 4) is 0 Å². The van der Waals surface area contributed by atoms with Gasteiger partial charge in [0.25, 0.3) is 0 Å². The molecule has 0 aromatic heterocycles. The van der Waals surface area contributed by atoms with Crippen molar-refractivity contribution in [1.29, 1.82) is 0 Å². The fraction of sp³-hybridized carbons (Fsp3) is 0.969. The topological polar surface area (TPSA) is 38.7 Å². The number of nitrogens with zero attached hydrogens (tertiary/aromatic N) is 1. The van der Waals surface area contributed by atoms with Crippen LogP contribution in [0.25, 0.3) is 0 Å². The Balaban J connectivity index is 3.01. The van der Waals surface area contributed by atoms with Crippen molar-refractivity contribution in [3.05, 3.63) is 0 Å². The predicted molar refractivity (Wildman–Crippen MR) is 154 cm³/mol. The first-order valence-corrected chi connectivity index (χ1v) is 16.0. The van der Waals surface area contributed by atoms with Gasteiger partial charge in [-0.1, -0.05) is 161 Å². The van der Waals surface area contributed by atoms with Crippen molar-refractivity contribution in [2.75, 3.05) is 19.8 Å². The van der Waals surface area contributed by atoms with Gasteiger partial charge in [0.2, 0.25) is 6.08 Å². The third kappa shape index (κ3) is 33.3. The van der Waals surface area contributed by atoms with Crippen LogP contribution in [0, 0.1) is 0 Å². The molecular formula is C32H63NO2. The van der Waals surface area contributed by atoms with E-state index in [0.717, 1.165) is 19.6 Å². The molecule has 0 radical (unpaired) electrons. The highest BCUT2D eigenvalue weighted by molar-refractivity contribution is 5.32. The van der Waals surface area contributed by atoms with Crippen LogP contribution in [0.3, 0.4) is 0 Å². The summed E-state index contributed by atoms with van der Waals surface area (Å²) in [4.78, 5) is 13.5. The highest BCUT2D eigenvalue weighted by atomic mass is 16.5. The quantitative estimate of drug-likeness (QED) is 0.0547. The van der Waals surface area contributed by atoms with Crippen LogP contribution in [0.2, 0.25) is 0 Å². The zero-order chi connectivity index (χ0) is 25.3. The number of ether oxygens (including phenoxy) is 1. The average Bonchev–Trinajstić information content (AvgIpc) is 2.87. The fourth-order valence-corrected chi connectivity index (χ4v) is 4.89. The van der Waals surface area contributed by atoms with Gasteiger partial charge in [-0.25, -0.2) is 9.79 Å². The maximum atomic E-state index is 9.96. The molecule has 0 aromatic rings. The van der Waals surface area contributed by atoms with Crippen LogP contribution < -0.4 is 0 Å². The Kier molecular flexibility index (Phi) is 32.7. The summed E-state index contributed by atoms with van der Waals surface area (Å²) < 4.78 is 5.79. The van der Waals surface area contributed by atoms with Gasteiger partial charge in [0, 0.05) is 13.2 Å². The van der Waals surface area contributed by atoms with Gasteiger partial charge in [0.1, 0.15) is 0 Å². The molecule has 3 heteroatoms. The second kappa shape index (κ2) is 33.3. The first-order valence-electron chi connectivity index (χ1n) is 16.0. The Bertz CT molecular complexity index is 420. The van der Waals surface area contributed by atoms with Gasteiger partial charge in [0.05, 0.1) is 6.54 Å². The summed E-state index contributed by atoms with van der Waals surface area (Å²) in [6.45, 7) is 4.84. The van der Waals surface area contributed by atoms with Crippen LogP contribution in [0.15, 0.2) is 4.99 Å². The van der Waals surface area contributed by atoms with E-state index in [1.807, 2.05) is 0 Å². The normalized spacial score (nSPS) is 11.1. The van der Waals surface area contributed by atoms with E-state index in [9.17, 15) is 4.79 Å².